The van der Waals surface area contributed by atoms with Gasteiger partial charge in [0, 0.05) is 0 Å². The summed E-state index contributed by atoms with van der Waals surface area (Å²) in [5, 5.41) is 0. The molecule has 16 heavy (non-hydrogen) atoms. The first-order valence-corrected chi connectivity index (χ1v) is 9.08. The van der Waals surface area contributed by atoms with Crippen molar-refractivity contribution >= 4 is 63.7 Å². The van der Waals surface area contributed by atoms with Gasteiger partial charge in [-0.05, 0) is 47.3 Å². The highest BCUT2D eigenvalue weighted by Crippen LogP contribution is 2.88. The average molecular weight is 474 g/mol. The SMILES string of the molecule is BrC1(Br)[C@@H]2[C@@H]3C=C[C@@H]4C3C([C@@H]21)[C@H]1[C@@H]4C1(Br)Br. The van der Waals surface area contributed by atoms with Crippen molar-refractivity contribution in [2.45, 2.75) is 6.47 Å². The molecule has 4 heteroatoms. The largest absolute Gasteiger partial charge is 0.0877 e. The predicted molar refractivity (Wildman–Crippen MR) is 78.2 cm³/mol. The van der Waals surface area contributed by atoms with Crippen LogP contribution >= 0.6 is 63.7 Å². The molecule has 5 aliphatic carbocycles. The second-order valence-corrected chi connectivity index (χ2v) is 13.5. The Hall–Kier alpha value is 1.66. The molecule has 0 heterocycles. The second-order valence-electron chi connectivity index (χ2n) is 6.15. The van der Waals surface area contributed by atoms with Crippen molar-refractivity contribution in [1.29, 1.82) is 0 Å². The van der Waals surface area contributed by atoms with Crippen LogP contribution in [-0.2, 0) is 0 Å². The van der Waals surface area contributed by atoms with Gasteiger partial charge >= 0.3 is 0 Å². The Kier molecular flexibility index (Phi) is 1.70. The number of hydrogen-bond donors (Lipinski definition) is 0. The molecule has 5 aliphatic rings. The highest BCUT2D eigenvalue weighted by molar-refractivity contribution is 9.26. The fourth-order valence-electron chi connectivity index (χ4n) is 5.44. The van der Waals surface area contributed by atoms with Gasteiger partial charge in [-0.25, -0.2) is 0 Å². The molecule has 4 fully saturated rings. The Morgan fingerprint density at radius 2 is 1.06 bits per heavy atom. The highest BCUT2D eigenvalue weighted by atomic mass is 79.9. The highest BCUT2D eigenvalue weighted by Gasteiger charge is 2.86. The van der Waals surface area contributed by atoms with Gasteiger partial charge in [-0.2, -0.15) is 0 Å². The van der Waals surface area contributed by atoms with E-state index in [-0.39, 0.29) is 6.47 Å². The van der Waals surface area contributed by atoms with Crippen molar-refractivity contribution in [2.75, 3.05) is 0 Å². The topological polar surface area (TPSA) is 0 Å². The van der Waals surface area contributed by atoms with Crippen molar-refractivity contribution in [3.05, 3.63) is 12.2 Å². The Morgan fingerprint density at radius 3 is 1.50 bits per heavy atom. The summed E-state index contributed by atoms with van der Waals surface area (Å²) in [6, 6.07) is 0. The van der Waals surface area contributed by atoms with E-state index in [1.165, 1.54) is 0 Å². The molecule has 0 bridgehead atoms. The number of hydrogen-bond acceptors (Lipinski definition) is 0. The van der Waals surface area contributed by atoms with Gasteiger partial charge in [-0.15, -0.1) is 0 Å². The molecule has 0 aromatic rings. The van der Waals surface area contributed by atoms with E-state index in [0.717, 1.165) is 47.3 Å². The predicted octanol–water partition coefficient (Wildman–Crippen LogP) is 4.51. The molecule has 0 unspecified atom stereocenters. The van der Waals surface area contributed by atoms with Crippen LogP contribution in [0.5, 0.6) is 0 Å². The molecule has 0 amide bonds. The maximum Gasteiger partial charge on any atom is 0.0877 e. The van der Waals surface area contributed by atoms with Crippen LogP contribution in [0, 0.1) is 47.3 Å². The summed E-state index contributed by atoms with van der Waals surface area (Å²) in [4.78, 5) is 0. The second kappa shape index (κ2) is 2.60. The third kappa shape index (κ3) is 0.857. The Labute approximate surface area is 129 Å². The molecular formula is C12H10Br4. The minimum absolute atomic E-state index is 0.263. The number of rotatable bonds is 0. The molecule has 0 aromatic heterocycles. The van der Waals surface area contributed by atoms with Crippen LogP contribution in [0.2, 0.25) is 0 Å². The minimum Gasteiger partial charge on any atom is -0.0844 e. The lowest BCUT2D eigenvalue weighted by atomic mass is 9.82. The van der Waals surface area contributed by atoms with Crippen LogP contribution < -0.4 is 0 Å². The molecular weight excluding hydrogens is 464 g/mol. The maximum absolute atomic E-state index is 3.90. The Morgan fingerprint density at radius 1 is 0.625 bits per heavy atom. The summed E-state index contributed by atoms with van der Waals surface area (Å²) in [5.74, 6) is 7.00. The zero-order valence-electron chi connectivity index (χ0n) is 8.29. The van der Waals surface area contributed by atoms with Crippen LogP contribution in [0.1, 0.15) is 0 Å². The van der Waals surface area contributed by atoms with Crippen molar-refractivity contribution in [1.82, 2.24) is 0 Å². The minimum atomic E-state index is 0.263. The van der Waals surface area contributed by atoms with E-state index in [0.29, 0.717) is 0 Å². The van der Waals surface area contributed by atoms with Gasteiger partial charge in [0.25, 0.3) is 0 Å². The summed E-state index contributed by atoms with van der Waals surface area (Å²) in [5.41, 5.74) is 0. The molecule has 4 saturated carbocycles. The molecule has 0 saturated heterocycles. The molecule has 6 atom stereocenters. The first kappa shape index (κ1) is 10.4. The number of alkyl halides is 4. The fourth-order valence-corrected chi connectivity index (χ4v) is 9.63. The lowest BCUT2D eigenvalue weighted by Crippen LogP contribution is -2.27. The van der Waals surface area contributed by atoms with Gasteiger partial charge in [0.2, 0.25) is 0 Å². The first-order valence-electron chi connectivity index (χ1n) is 5.91. The van der Waals surface area contributed by atoms with E-state index in [1.807, 2.05) is 0 Å². The number of halogens is 4. The quantitative estimate of drug-likeness (QED) is 0.359. The van der Waals surface area contributed by atoms with E-state index in [1.54, 1.807) is 0 Å². The van der Waals surface area contributed by atoms with Gasteiger partial charge in [-0.3, -0.25) is 0 Å². The van der Waals surface area contributed by atoms with Gasteiger partial charge in [0.15, 0.2) is 0 Å². The van der Waals surface area contributed by atoms with Crippen LogP contribution in [0.25, 0.3) is 0 Å². The monoisotopic (exact) mass is 470 g/mol. The fraction of sp³-hybridized carbons (Fsp3) is 0.833. The van der Waals surface area contributed by atoms with Crippen molar-refractivity contribution in [3.8, 4) is 0 Å². The molecule has 86 valence electrons. The van der Waals surface area contributed by atoms with Gasteiger partial charge in [0.1, 0.15) is 0 Å². The third-order valence-electron chi connectivity index (χ3n) is 5.88. The molecule has 0 nitrogen and oxygen atoms in total. The molecule has 5 rings (SSSR count). The molecule has 0 spiro atoms. The van der Waals surface area contributed by atoms with E-state index >= 15 is 0 Å². The van der Waals surface area contributed by atoms with Gasteiger partial charge < -0.3 is 0 Å². The third-order valence-corrected chi connectivity index (χ3v) is 10.1. The summed E-state index contributed by atoms with van der Waals surface area (Å²) >= 11 is 15.6. The standard InChI is InChI=1S/C12H10Br4/c13-11(14)7-3-1-2-4-5(3)6(9(7)11)10-8(4)12(10,15)16/h1-10H/t3-,4-,5?,6?,7-,8-,9+,10+/m1/s1. The zero-order chi connectivity index (χ0) is 11.0. The smallest absolute Gasteiger partial charge is 0.0844 e. The van der Waals surface area contributed by atoms with Gasteiger partial charge in [-0.1, -0.05) is 75.9 Å². The van der Waals surface area contributed by atoms with Crippen LogP contribution in [0.3, 0.4) is 0 Å². The summed E-state index contributed by atoms with van der Waals surface area (Å²) < 4.78 is 0.525. The van der Waals surface area contributed by atoms with E-state index < -0.39 is 0 Å². The first-order chi connectivity index (χ1) is 7.47. The van der Waals surface area contributed by atoms with E-state index in [4.69, 9.17) is 0 Å². The van der Waals surface area contributed by atoms with Crippen molar-refractivity contribution in [2.24, 2.45) is 47.3 Å². The van der Waals surface area contributed by atoms with Crippen molar-refractivity contribution < 1.29 is 0 Å². The van der Waals surface area contributed by atoms with Crippen LogP contribution in [0.4, 0.5) is 0 Å². The molecule has 0 aromatic carbocycles. The summed E-state index contributed by atoms with van der Waals surface area (Å²) in [7, 11) is 0. The normalized spacial score (nSPS) is 68.8. The average Bonchev–Trinajstić information content (AvgIpc) is 2.80. The lowest BCUT2D eigenvalue weighted by molar-refractivity contribution is 0.275. The Bertz CT molecular complexity index is 402. The molecule has 0 radical (unpaired) electrons. The summed E-state index contributed by atoms with van der Waals surface area (Å²) in [6.07, 6.45) is 5.03. The maximum atomic E-state index is 3.90. The Balaban J connectivity index is 1.66. The van der Waals surface area contributed by atoms with Crippen molar-refractivity contribution in [3.63, 3.8) is 0 Å². The van der Waals surface area contributed by atoms with E-state index in [9.17, 15) is 0 Å². The summed E-state index contributed by atoms with van der Waals surface area (Å²) in [6.45, 7) is 0. The van der Waals surface area contributed by atoms with Crippen LogP contribution in [0.15, 0.2) is 12.2 Å². The number of allylic oxidation sites excluding steroid dienone is 2. The van der Waals surface area contributed by atoms with E-state index in [2.05, 4.69) is 75.9 Å². The number of fused-ring (bicyclic) bond motifs is 6. The zero-order valence-corrected chi connectivity index (χ0v) is 14.6. The molecule has 0 N–H and O–H groups in total. The molecule has 0 aliphatic heterocycles. The lowest BCUT2D eigenvalue weighted by Gasteiger charge is -2.28. The van der Waals surface area contributed by atoms with Crippen LogP contribution in [-0.4, -0.2) is 6.47 Å². The van der Waals surface area contributed by atoms with Gasteiger partial charge in [0.05, 0.1) is 6.47 Å².